The van der Waals surface area contributed by atoms with Crippen LogP contribution in [0, 0.1) is 0 Å². The summed E-state index contributed by atoms with van der Waals surface area (Å²) in [5, 5.41) is 9.29. The number of ether oxygens (including phenoxy) is 2. The van der Waals surface area contributed by atoms with E-state index in [1.165, 1.54) is 7.11 Å². The van der Waals surface area contributed by atoms with Gasteiger partial charge in [-0.25, -0.2) is 5.10 Å². The van der Waals surface area contributed by atoms with E-state index >= 15 is 0 Å². The monoisotopic (exact) mass is 296 g/mol. The standard InChI is InChI=1S/C12H13ClN4O3/c1-7(20-9-5-3-4-8(13)6-9)10(18)14-11-15-12(19-2)17-16-11/h3-7H,1-2H3,(H2,14,15,16,17,18). The van der Waals surface area contributed by atoms with Crippen molar-refractivity contribution >= 4 is 23.5 Å². The van der Waals surface area contributed by atoms with Gasteiger partial charge in [0.05, 0.1) is 7.11 Å². The maximum atomic E-state index is 11.9. The second kappa shape index (κ2) is 6.25. The Balaban J connectivity index is 1.95. The Morgan fingerprint density at radius 3 is 2.95 bits per heavy atom. The van der Waals surface area contributed by atoms with Crippen molar-refractivity contribution in [2.24, 2.45) is 0 Å². The first kappa shape index (κ1) is 14.1. The minimum Gasteiger partial charge on any atom is -0.481 e. The van der Waals surface area contributed by atoms with Crippen molar-refractivity contribution in [1.82, 2.24) is 15.2 Å². The van der Waals surface area contributed by atoms with Crippen LogP contribution in [-0.2, 0) is 4.79 Å². The van der Waals surface area contributed by atoms with Crippen molar-refractivity contribution in [3.8, 4) is 11.8 Å². The fourth-order valence-electron chi connectivity index (χ4n) is 1.41. The van der Waals surface area contributed by atoms with E-state index in [4.69, 9.17) is 21.1 Å². The number of benzene rings is 1. The van der Waals surface area contributed by atoms with Crippen LogP contribution in [0.15, 0.2) is 24.3 Å². The summed E-state index contributed by atoms with van der Waals surface area (Å²) in [5.41, 5.74) is 0. The van der Waals surface area contributed by atoms with Gasteiger partial charge in [0, 0.05) is 5.02 Å². The van der Waals surface area contributed by atoms with E-state index in [0.29, 0.717) is 10.8 Å². The molecule has 0 saturated carbocycles. The molecule has 7 nitrogen and oxygen atoms in total. The third-order valence-corrected chi connectivity index (χ3v) is 2.60. The Bertz CT molecular complexity index is 602. The summed E-state index contributed by atoms with van der Waals surface area (Å²) in [6.07, 6.45) is -0.718. The molecule has 0 bridgehead atoms. The molecule has 1 unspecified atom stereocenters. The van der Waals surface area contributed by atoms with Crippen LogP contribution in [0.2, 0.25) is 5.02 Å². The highest BCUT2D eigenvalue weighted by Gasteiger charge is 2.16. The summed E-state index contributed by atoms with van der Waals surface area (Å²) in [5.74, 6) is 0.326. The fraction of sp³-hybridized carbons (Fsp3) is 0.250. The van der Waals surface area contributed by atoms with Gasteiger partial charge in [0.1, 0.15) is 5.75 Å². The summed E-state index contributed by atoms with van der Waals surface area (Å²) in [6.45, 7) is 1.61. The number of carbonyl (C=O) groups is 1. The quantitative estimate of drug-likeness (QED) is 0.879. The lowest BCUT2D eigenvalue weighted by atomic mass is 10.3. The van der Waals surface area contributed by atoms with Gasteiger partial charge in [0.2, 0.25) is 5.95 Å². The second-order valence-corrected chi connectivity index (χ2v) is 4.31. The largest absolute Gasteiger partial charge is 0.481 e. The van der Waals surface area contributed by atoms with E-state index in [2.05, 4.69) is 20.5 Å². The molecule has 1 heterocycles. The van der Waals surface area contributed by atoms with Gasteiger partial charge in [-0.2, -0.15) is 4.98 Å². The van der Waals surface area contributed by atoms with Gasteiger partial charge in [-0.05, 0) is 25.1 Å². The van der Waals surface area contributed by atoms with Crippen molar-refractivity contribution in [3.63, 3.8) is 0 Å². The van der Waals surface area contributed by atoms with E-state index in [1.807, 2.05) is 0 Å². The molecule has 8 heteroatoms. The number of H-pyrrole nitrogens is 1. The van der Waals surface area contributed by atoms with E-state index in [0.717, 1.165) is 0 Å². The number of halogens is 1. The molecule has 1 aromatic heterocycles. The average Bonchev–Trinajstić information content (AvgIpc) is 2.86. The first-order valence-electron chi connectivity index (χ1n) is 5.78. The number of nitrogens with zero attached hydrogens (tertiary/aromatic N) is 2. The molecule has 0 aliphatic carbocycles. The topological polar surface area (TPSA) is 89.1 Å². The van der Waals surface area contributed by atoms with Gasteiger partial charge in [-0.15, -0.1) is 5.10 Å². The molecule has 0 spiro atoms. The normalized spacial score (nSPS) is 11.8. The van der Waals surface area contributed by atoms with Gasteiger partial charge in [-0.1, -0.05) is 17.7 Å². The molecular weight excluding hydrogens is 284 g/mol. The number of rotatable bonds is 5. The highest BCUT2D eigenvalue weighted by Crippen LogP contribution is 2.18. The number of anilines is 1. The van der Waals surface area contributed by atoms with Gasteiger partial charge in [0.25, 0.3) is 5.91 Å². The highest BCUT2D eigenvalue weighted by atomic mass is 35.5. The van der Waals surface area contributed by atoms with E-state index < -0.39 is 6.10 Å². The highest BCUT2D eigenvalue weighted by molar-refractivity contribution is 6.30. The molecule has 1 atom stereocenters. The van der Waals surface area contributed by atoms with Gasteiger partial charge < -0.3 is 9.47 Å². The van der Waals surface area contributed by atoms with Gasteiger partial charge in [0.15, 0.2) is 6.10 Å². The van der Waals surface area contributed by atoms with E-state index in [1.54, 1.807) is 31.2 Å². The Kier molecular flexibility index (Phi) is 4.41. The van der Waals surface area contributed by atoms with Crippen molar-refractivity contribution in [2.75, 3.05) is 12.4 Å². The zero-order valence-corrected chi connectivity index (χ0v) is 11.6. The van der Waals surface area contributed by atoms with Crippen LogP contribution < -0.4 is 14.8 Å². The molecule has 0 fully saturated rings. The van der Waals surface area contributed by atoms with Gasteiger partial charge >= 0.3 is 6.01 Å². The summed E-state index contributed by atoms with van der Waals surface area (Å²) >= 11 is 5.84. The zero-order valence-electron chi connectivity index (χ0n) is 10.9. The van der Waals surface area contributed by atoms with Crippen LogP contribution in [0.5, 0.6) is 11.8 Å². The fourth-order valence-corrected chi connectivity index (χ4v) is 1.59. The third kappa shape index (κ3) is 3.61. The molecule has 0 aliphatic heterocycles. The molecule has 2 N–H and O–H groups in total. The minimum atomic E-state index is -0.718. The first-order chi connectivity index (χ1) is 9.58. The number of hydrogen-bond donors (Lipinski definition) is 2. The lowest BCUT2D eigenvalue weighted by Crippen LogP contribution is -2.30. The smallest absolute Gasteiger partial charge is 0.336 e. The SMILES string of the molecule is COc1n[nH]c(NC(=O)C(C)Oc2cccc(Cl)c2)n1. The van der Waals surface area contributed by atoms with Crippen LogP contribution in [0.3, 0.4) is 0 Å². The molecular formula is C12H13ClN4O3. The summed E-state index contributed by atoms with van der Waals surface area (Å²) < 4.78 is 10.3. The predicted molar refractivity (Wildman–Crippen MR) is 73.1 cm³/mol. The number of methoxy groups -OCH3 is 1. The molecule has 0 saturated heterocycles. The molecule has 20 heavy (non-hydrogen) atoms. The number of hydrogen-bond acceptors (Lipinski definition) is 5. The van der Waals surface area contributed by atoms with Crippen LogP contribution >= 0.6 is 11.6 Å². The van der Waals surface area contributed by atoms with Crippen molar-refractivity contribution < 1.29 is 14.3 Å². The summed E-state index contributed by atoms with van der Waals surface area (Å²) in [7, 11) is 1.43. The van der Waals surface area contributed by atoms with E-state index in [-0.39, 0.29) is 17.9 Å². The lowest BCUT2D eigenvalue weighted by Gasteiger charge is -2.13. The maximum Gasteiger partial charge on any atom is 0.336 e. The lowest BCUT2D eigenvalue weighted by molar-refractivity contribution is -0.122. The van der Waals surface area contributed by atoms with Crippen LogP contribution in [-0.4, -0.2) is 34.3 Å². The second-order valence-electron chi connectivity index (χ2n) is 3.88. The van der Waals surface area contributed by atoms with Crippen molar-refractivity contribution in [3.05, 3.63) is 29.3 Å². The number of amides is 1. The Morgan fingerprint density at radius 1 is 1.50 bits per heavy atom. The van der Waals surface area contributed by atoms with Crippen molar-refractivity contribution in [1.29, 1.82) is 0 Å². The molecule has 106 valence electrons. The van der Waals surface area contributed by atoms with Crippen LogP contribution in [0.1, 0.15) is 6.92 Å². The van der Waals surface area contributed by atoms with Gasteiger partial charge in [-0.3, -0.25) is 10.1 Å². The Labute approximate surface area is 120 Å². The number of aromatic amines is 1. The number of aromatic nitrogens is 3. The number of carbonyl (C=O) groups excluding carboxylic acids is 1. The van der Waals surface area contributed by atoms with Crippen LogP contribution in [0.4, 0.5) is 5.95 Å². The molecule has 1 amide bonds. The van der Waals surface area contributed by atoms with Crippen molar-refractivity contribution in [2.45, 2.75) is 13.0 Å². The predicted octanol–water partition coefficient (Wildman–Crippen LogP) is 1.87. The maximum absolute atomic E-state index is 11.9. The molecule has 2 rings (SSSR count). The Morgan fingerprint density at radius 2 is 2.30 bits per heavy atom. The number of nitrogens with one attached hydrogen (secondary N) is 2. The summed E-state index contributed by atoms with van der Waals surface area (Å²) in [4.78, 5) is 15.8. The first-order valence-corrected chi connectivity index (χ1v) is 6.16. The minimum absolute atomic E-state index is 0.142. The summed E-state index contributed by atoms with van der Waals surface area (Å²) in [6, 6.07) is 6.95. The van der Waals surface area contributed by atoms with E-state index in [9.17, 15) is 4.79 Å². The third-order valence-electron chi connectivity index (χ3n) is 2.37. The molecule has 0 aliphatic rings. The Hall–Kier alpha value is -2.28. The molecule has 2 aromatic rings. The average molecular weight is 297 g/mol. The molecule has 1 aromatic carbocycles. The zero-order chi connectivity index (χ0) is 14.5. The van der Waals surface area contributed by atoms with Crippen LogP contribution in [0.25, 0.3) is 0 Å². The molecule has 0 radical (unpaired) electrons.